The molecule has 0 heterocycles. The van der Waals surface area contributed by atoms with E-state index in [1.54, 1.807) is 0 Å². The van der Waals surface area contributed by atoms with Gasteiger partial charge in [0.15, 0.2) is 0 Å². The van der Waals surface area contributed by atoms with E-state index in [0.29, 0.717) is 0 Å². The average Bonchev–Trinajstić information content (AvgIpc) is 1.36. The Morgan fingerprint density at radius 1 is 1.14 bits per heavy atom. The van der Waals surface area contributed by atoms with Crippen LogP contribution in [0.1, 0.15) is 0 Å². The fraction of sp³-hybridized carbons (Fsp3) is 0. The zero-order chi connectivity index (χ0) is 5.15. The van der Waals surface area contributed by atoms with Crippen LogP contribution < -0.4 is 0 Å². The molecule has 0 aliphatic carbocycles. The molecule has 0 spiro atoms. The molecule has 0 aromatic carbocycles. The van der Waals surface area contributed by atoms with Gasteiger partial charge in [-0.2, -0.15) is 0 Å². The van der Waals surface area contributed by atoms with Gasteiger partial charge in [0, 0.05) is 22.3 Å². The molecule has 4 heteroatoms. The molecule has 0 aromatic rings. The smallest absolute Gasteiger partial charge is 0.141 e. The number of allylic oxidation sites excluding steroid dienone is 1. The fourth-order valence-electron chi connectivity index (χ4n) is 0. The maximum atomic E-state index is 10.8. The van der Waals surface area contributed by atoms with E-state index in [9.17, 15) is 13.2 Å². The van der Waals surface area contributed by atoms with Gasteiger partial charge in [-0.05, 0) is 0 Å². The second-order valence-electron chi connectivity index (χ2n) is 0.665. The summed E-state index contributed by atoms with van der Waals surface area (Å²) in [6.45, 7) is 2.30. The maximum absolute atomic E-state index is 10.8. The molecule has 0 aromatic heterocycles. The first-order chi connectivity index (χ1) is 2.64. The molecule has 46 valence electrons. The van der Waals surface area contributed by atoms with Crippen LogP contribution in [0.2, 0.25) is 0 Å². The molecular weight excluding hydrogens is 152 g/mol. The van der Waals surface area contributed by atoms with E-state index in [-0.39, 0.29) is 16.5 Å². The predicted octanol–water partition coefficient (Wildman–Crippen LogP) is 1.90. The number of rotatable bonds is 0. The normalized spacial score (nSPS) is 6.71. The van der Waals surface area contributed by atoms with Crippen LogP contribution in [0, 0.1) is 6.92 Å². The molecule has 0 unspecified atom stereocenters. The summed E-state index contributed by atoms with van der Waals surface area (Å²) in [5, 5.41) is 0. The van der Waals surface area contributed by atoms with Gasteiger partial charge >= 0.3 is 0 Å². The van der Waals surface area contributed by atoms with Crippen molar-refractivity contribution in [3.63, 3.8) is 0 Å². The van der Waals surface area contributed by atoms with Crippen LogP contribution in [0.25, 0.3) is 0 Å². The minimum absolute atomic E-state index is 0. The van der Waals surface area contributed by atoms with E-state index in [2.05, 4.69) is 6.92 Å². The van der Waals surface area contributed by atoms with E-state index in [1.807, 2.05) is 0 Å². The Balaban J connectivity index is 0. The minimum atomic E-state index is -2.35. The first-order valence-electron chi connectivity index (χ1n) is 1.17. The van der Waals surface area contributed by atoms with Crippen molar-refractivity contribution in [2.75, 3.05) is 0 Å². The Labute approximate surface area is 49.3 Å². The SMILES string of the molecule is [CH2-]C(F)=C(F)F.[Ni]. The van der Waals surface area contributed by atoms with Crippen LogP contribution in [0.4, 0.5) is 13.2 Å². The van der Waals surface area contributed by atoms with Crippen molar-refractivity contribution in [1.29, 1.82) is 0 Å². The zero-order valence-electron chi connectivity index (χ0n) is 3.16. The molecule has 0 fully saturated rings. The van der Waals surface area contributed by atoms with Crippen molar-refractivity contribution in [3.8, 4) is 0 Å². The van der Waals surface area contributed by atoms with Crippen LogP contribution in [-0.2, 0) is 16.5 Å². The topological polar surface area (TPSA) is 0 Å². The van der Waals surface area contributed by atoms with Crippen molar-refractivity contribution >= 4 is 0 Å². The molecule has 0 saturated carbocycles. The third-order valence-corrected chi connectivity index (χ3v) is 0.205. The second kappa shape index (κ2) is 4.06. The zero-order valence-corrected chi connectivity index (χ0v) is 4.14. The van der Waals surface area contributed by atoms with Crippen LogP contribution in [-0.4, -0.2) is 0 Å². The monoisotopic (exact) mass is 153 g/mol. The molecule has 0 radical (unpaired) electrons. The first kappa shape index (κ1) is 10.00. The predicted molar refractivity (Wildman–Crippen MR) is 15.7 cm³/mol. The van der Waals surface area contributed by atoms with E-state index in [1.165, 1.54) is 0 Å². The average molecular weight is 154 g/mol. The Morgan fingerprint density at radius 3 is 1.29 bits per heavy atom. The van der Waals surface area contributed by atoms with Crippen LogP contribution in [0.15, 0.2) is 11.9 Å². The summed E-state index contributed by atoms with van der Waals surface area (Å²) in [6, 6.07) is 0. The Bertz CT molecular complexity index is 60.2. The summed E-state index contributed by atoms with van der Waals surface area (Å²) in [5.74, 6) is -1.66. The van der Waals surface area contributed by atoms with Crippen molar-refractivity contribution in [2.45, 2.75) is 0 Å². The summed E-state index contributed by atoms with van der Waals surface area (Å²) in [5.41, 5.74) is 0. The Hall–Kier alpha value is -0.106. The molecule has 0 bridgehead atoms. The van der Waals surface area contributed by atoms with E-state index >= 15 is 0 Å². The van der Waals surface area contributed by atoms with E-state index < -0.39 is 11.9 Å². The largest absolute Gasteiger partial charge is 0.286 e. The van der Waals surface area contributed by atoms with Crippen molar-refractivity contribution in [1.82, 2.24) is 0 Å². The van der Waals surface area contributed by atoms with Gasteiger partial charge in [-0.3, -0.25) is 8.78 Å². The maximum Gasteiger partial charge on any atom is 0.141 e. The number of hydrogen-bond acceptors (Lipinski definition) is 0. The molecule has 0 N–H and O–H groups in total. The summed E-state index contributed by atoms with van der Waals surface area (Å²) in [7, 11) is 0. The third kappa shape index (κ3) is 5.89. The number of halogens is 3. The molecular formula is C3H2F3Ni-. The second-order valence-corrected chi connectivity index (χ2v) is 0.665. The summed E-state index contributed by atoms with van der Waals surface area (Å²) in [6.07, 6.45) is -2.35. The minimum Gasteiger partial charge on any atom is -0.286 e. The van der Waals surface area contributed by atoms with E-state index in [4.69, 9.17) is 0 Å². The van der Waals surface area contributed by atoms with Gasteiger partial charge in [-0.25, -0.2) is 11.3 Å². The Kier molecular flexibility index (Phi) is 5.80. The Morgan fingerprint density at radius 2 is 1.29 bits per heavy atom. The van der Waals surface area contributed by atoms with Gasteiger partial charge in [0.1, 0.15) is 6.08 Å². The molecule has 0 aliphatic rings. The summed E-state index contributed by atoms with van der Waals surface area (Å²) in [4.78, 5) is 0. The van der Waals surface area contributed by atoms with Crippen molar-refractivity contribution in [2.24, 2.45) is 0 Å². The molecule has 7 heavy (non-hydrogen) atoms. The van der Waals surface area contributed by atoms with Gasteiger partial charge in [-0.15, -0.1) is 0 Å². The molecule has 0 nitrogen and oxygen atoms in total. The third-order valence-electron chi connectivity index (χ3n) is 0.205. The molecule has 0 rings (SSSR count). The summed E-state index contributed by atoms with van der Waals surface area (Å²) < 4.78 is 32.0. The van der Waals surface area contributed by atoms with E-state index in [0.717, 1.165) is 0 Å². The summed E-state index contributed by atoms with van der Waals surface area (Å²) >= 11 is 0. The van der Waals surface area contributed by atoms with Gasteiger partial charge < -0.3 is 0 Å². The van der Waals surface area contributed by atoms with Gasteiger partial charge in [0.05, 0.1) is 0 Å². The fourth-order valence-corrected chi connectivity index (χ4v) is 0. The molecule has 0 saturated heterocycles. The van der Waals surface area contributed by atoms with Crippen molar-refractivity contribution < 1.29 is 29.7 Å². The molecule has 0 aliphatic heterocycles. The first-order valence-corrected chi connectivity index (χ1v) is 1.17. The quantitative estimate of drug-likeness (QED) is 0.369. The molecule has 0 amide bonds. The molecule has 0 atom stereocenters. The van der Waals surface area contributed by atoms with Crippen LogP contribution in [0.5, 0.6) is 0 Å². The van der Waals surface area contributed by atoms with Gasteiger partial charge in [0.25, 0.3) is 0 Å². The van der Waals surface area contributed by atoms with Crippen LogP contribution in [0.3, 0.4) is 0 Å². The van der Waals surface area contributed by atoms with Gasteiger partial charge in [-0.1, -0.05) is 0 Å². The number of hydrogen-bond donors (Lipinski definition) is 0. The van der Waals surface area contributed by atoms with Crippen LogP contribution >= 0.6 is 0 Å². The van der Waals surface area contributed by atoms with Crippen molar-refractivity contribution in [3.05, 3.63) is 18.8 Å². The van der Waals surface area contributed by atoms with Gasteiger partial charge in [0.2, 0.25) is 0 Å². The standard InChI is InChI=1S/C3H2F3.Ni/c1-2(4)3(5)6;/h1H2;/q-1;.